The number of fused-ring (bicyclic) bond motifs is 1. The van der Waals surface area contributed by atoms with Gasteiger partial charge in [0.15, 0.2) is 0 Å². The van der Waals surface area contributed by atoms with Crippen molar-refractivity contribution in [3.8, 4) is 0 Å². The van der Waals surface area contributed by atoms with E-state index in [2.05, 4.69) is 40.7 Å². The lowest BCUT2D eigenvalue weighted by molar-refractivity contribution is -0.115. The van der Waals surface area contributed by atoms with Crippen molar-refractivity contribution in [1.82, 2.24) is 5.32 Å². The molecule has 1 saturated carbocycles. The number of amides is 2. The van der Waals surface area contributed by atoms with Gasteiger partial charge in [0.1, 0.15) is 0 Å². The topological polar surface area (TPSA) is 61.4 Å². The minimum atomic E-state index is -0.118. The van der Waals surface area contributed by atoms with Gasteiger partial charge in [0.25, 0.3) is 5.91 Å². The SMILES string of the molecule is Cc1ccc2c(c1)CCCN2CC(=O)Nc1ccccc1C(=O)NC1CC1. The van der Waals surface area contributed by atoms with E-state index in [1.54, 1.807) is 12.1 Å². The van der Waals surface area contributed by atoms with Crippen molar-refractivity contribution < 1.29 is 9.59 Å². The highest BCUT2D eigenvalue weighted by molar-refractivity contribution is 6.04. The van der Waals surface area contributed by atoms with Gasteiger partial charge >= 0.3 is 0 Å². The van der Waals surface area contributed by atoms with Gasteiger partial charge in [0.2, 0.25) is 5.91 Å². The number of hydrogen-bond donors (Lipinski definition) is 2. The summed E-state index contributed by atoms with van der Waals surface area (Å²) in [7, 11) is 0. The quantitative estimate of drug-likeness (QED) is 0.857. The maximum Gasteiger partial charge on any atom is 0.253 e. The van der Waals surface area contributed by atoms with Crippen molar-refractivity contribution in [3.05, 3.63) is 59.2 Å². The molecule has 1 heterocycles. The molecule has 0 radical (unpaired) electrons. The van der Waals surface area contributed by atoms with Gasteiger partial charge in [0.05, 0.1) is 17.8 Å². The van der Waals surface area contributed by atoms with E-state index in [0.29, 0.717) is 11.3 Å². The zero-order valence-corrected chi connectivity index (χ0v) is 15.6. The first-order valence-electron chi connectivity index (χ1n) is 9.64. The Labute approximate surface area is 159 Å². The second kappa shape index (κ2) is 7.43. The van der Waals surface area contributed by atoms with Gasteiger partial charge in [0, 0.05) is 18.3 Å². The normalized spacial score (nSPS) is 15.8. The van der Waals surface area contributed by atoms with Crippen molar-refractivity contribution in [3.63, 3.8) is 0 Å². The van der Waals surface area contributed by atoms with Crippen LogP contribution < -0.4 is 15.5 Å². The van der Waals surface area contributed by atoms with Crippen LogP contribution in [0.1, 0.15) is 40.7 Å². The van der Waals surface area contributed by atoms with E-state index in [9.17, 15) is 9.59 Å². The van der Waals surface area contributed by atoms with E-state index in [-0.39, 0.29) is 24.4 Å². The molecule has 0 spiro atoms. The number of nitrogens with one attached hydrogen (secondary N) is 2. The lowest BCUT2D eigenvalue weighted by Crippen LogP contribution is -2.37. The van der Waals surface area contributed by atoms with Crippen LogP contribution in [0.2, 0.25) is 0 Å². The molecule has 1 aliphatic carbocycles. The summed E-state index contributed by atoms with van der Waals surface area (Å²) in [6, 6.07) is 13.9. The van der Waals surface area contributed by atoms with Crippen LogP contribution in [0.4, 0.5) is 11.4 Å². The lowest BCUT2D eigenvalue weighted by Gasteiger charge is -2.31. The largest absolute Gasteiger partial charge is 0.362 e. The van der Waals surface area contributed by atoms with Crippen molar-refractivity contribution in [2.45, 2.75) is 38.6 Å². The van der Waals surface area contributed by atoms with Crippen molar-refractivity contribution in [2.75, 3.05) is 23.3 Å². The summed E-state index contributed by atoms with van der Waals surface area (Å²) in [5.74, 6) is -0.220. The maximum absolute atomic E-state index is 12.7. The molecule has 4 rings (SSSR count). The van der Waals surface area contributed by atoms with Crippen LogP contribution in [-0.2, 0) is 11.2 Å². The molecule has 1 fully saturated rings. The molecular formula is C22H25N3O2. The smallest absolute Gasteiger partial charge is 0.253 e. The Morgan fingerprint density at radius 3 is 2.78 bits per heavy atom. The van der Waals surface area contributed by atoms with Gasteiger partial charge in [-0.05, 0) is 56.4 Å². The second-order valence-electron chi connectivity index (χ2n) is 7.50. The molecular weight excluding hydrogens is 338 g/mol. The number of benzene rings is 2. The third-order valence-corrected chi connectivity index (χ3v) is 5.14. The number of nitrogens with zero attached hydrogens (tertiary/aromatic N) is 1. The third-order valence-electron chi connectivity index (χ3n) is 5.14. The zero-order valence-electron chi connectivity index (χ0n) is 15.6. The minimum absolute atomic E-state index is 0.102. The Morgan fingerprint density at radius 1 is 1.15 bits per heavy atom. The van der Waals surface area contributed by atoms with Crippen LogP contribution in [0.3, 0.4) is 0 Å². The summed E-state index contributed by atoms with van der Waals surface area (Å²) in [6.07, 6.45) is 4.17. The number of carbonyl (C=O) groups excluding carboxylic acids is 2. The van der Waals surface area contributed by atoms with Crippen molar-refractivity contribution in [2.24, 2.45) is 0 Å². The molecule has 0 saturated heterocycles. The molecule has 0 aromatic heterocycles. The van der Waals surface area contributed by atoms with Crippen LogP contribution in [0, 0.1) is 6.92 Å². The van der Waals surface area contributed by atoms with E-state index in [0.717, 1.165) is 37.9 Å². The molecule has 5 nitrogen and oxygen atoms in total. The molecule has 5 heteroatoms. The van der Waals surface area contributed by atoms with Gasteiger partial charge in [-0.15, -0.1) is 0 Å². The highest BCUT2D eigenvalue weighted by Crippen LogP contribution is 2.28. The van der Waals surface area contributed by atoms with Crippen LogP contribution >= 0.6 is 0 Å². The average Bonchev–Trinajstić information content (AvgIpc) is 3.46. The third kappa shape index (κ3) is 4.13. The van der Waals surface area contributed by atoms with Crippen LogP contribution in [0.25, 0.3) is 0 Å². The summed E-state index contributed by atoms with van der Waals surface area (Å²) in [5, 5.41) is 5.92. The number of para-hydroxylation sites is 1. The minimum Gasteiger partial charge on any atom is -0.362 e. The zero-order chi connectivity index (χ0) is 18.8. The van der Waals surface area contributed by atoms with E-state index >= 15 is 0 Å². The molecule has 2 aromatic rings. The summed E-state index contributed by atoms with van der Waals surface area (Å²) in [6.45, 7) is 3.25. The highest BCUT2D eigenvalue weighted by atomic mass is 16.2. The Bertz CT molecular complexity index is 874. The number of hydrogen-bond acceptors (Lipinski definition) is 3. The molecule has 2 aliphatic rings. The van der Waals surface area contributed by atoms with Crippen LogP contribution in [-0.4, -0.2) is 30.9 Å². The molecule has 0 bridgehead atoms. The fourth-order valence-corrected chi connectivity index (χ4v) is 3.61. The summed E-state index contributed by atoms with van der Waals surface area (Å²) < 4.78 is 0. The molecule has 140 valence electrons. The Kier molecular flexibility index (Phi) is 4.84. The lowest BCUT2D eigenvalue weighted by atomic mass is 9.99. The predicted molar refractivity (Wildman–Crippen MR) is 107 cm³/mol. The molecule has 27 heavy (non-hydrogen) atoms. The van der Waals surface area contributed by atoms with Gasteiger partial charge in [-0.3, -0.25) is 9.59 Å². The fraction of sp³-hybridized carbons (Fsp3) is 0.364. The van der Waals surface area contributed by atoms with E-state index in [1.807, 2.05) is 12.1 Å². The first-order chi connectivity index (χ1) is 13.1. The summed E-state index contributed by atoms with van der Waals surface area (Å²) >= 11 is 0. The van der Waals surface area contributed by atoms with E-state index in [1.165, 1.54) is 11.1 Å². The van der Waals surface area contributed by atoms with Gasteiger partial charge in [-0.25, -0.2) is 0 Å². The standard InChI is InChI=1S/C22H25N3O2/c1-15-8-11-20-16(13-15)5-4-12-25(20)14-21(26)24-19-7-3-2-6-18(19)22(27)23-17-9-10-17/h2-3,6-8,11,13,17H,4-5,9-10,12,14H2,1H3,(H,23,27)(H,24,26). The molecule has 2 N–H and O–H groups in total. The van der Waals surface area contributed by atoms with Crippen LogP contribution in [0.5, 0.6) is 0 Å². The Balaban J connectivity index is 1.46. The Morgan fingerprint density at radius 2 is 1.96 bits per heavy atom. The van der Waals surface area contributed by atoms with E-state index in [4.69, 9.17) is 0 Å². The summed E-state index contributed by atoms with van der Waals surface area (Å²) in [5.41, 5.74) is 4.78. The fourth-order valence-electron chi connectivity index (χ4n) is 3.61. The van der Waals surface area contributed by atoms with Crippen molar-refractivity contribution >= 4 is 23.2 Å². The molecule has 1 aliphatic heterocycles. The molecule has 0 unspecified atom stereocenters. The number of rotatable bonds is 5. The summed E-state index contributed by atoms with van der Waals surface area (Å²) in [4.78, 5) is 27.2. The molecule has 2 amide bonds. The number of aryl methyl sites for hydroxylation is 2. The number of carbonyl (C=O) groups is 2. The van der Waals surface area contributed by atoms with Gasteiger partial charge < -0.3 is 15.5 Å². The second-order valence-corrected chi connectivity index (χ2v) is 7.50. The Hall–Kier alpha value is -2.82. The first-order valence-corrected chi connectivity index (χ1v) is 9.64. The predicted octanol–water partition coefficient (Wildman–Crippen LogP) is 3.28. The first kappa shape index (κ1) is 17.6. The van der Waals surface area contributed by atoms with Gasteiger partial charge in [-0.1, -0.05) is 29.8 Å². The average molecular weight is 363 g/mol. The molecule has 2 aromatic carbocycles. The van der Waals surface area contributed by atoms with E-state index < -0.39 is 0 Å². The monoisotopic (exact) mass is 363 g/mol. The maximum atomic E-state index is 12.7. The highest BCUT2D eigenvalue weighted by Gasteiger charge is 2.25. The van der Waals surface area contributed by atoms with Crippen molar-refractivity contribution in [1.29, 1.82) is 0 Å². The number of anilines is 2. The van der Waals surface area contributed by atoms with Crippen LogP contribution in [0.15, 0.2) is 42.5 Å². The molecule has 0 atom stereocenters. The van der Waals surface area contributed by atoms with Gasteiger partial charge in [-0.2, -0.15) is 0 Å².